The third kappa shape index (κ3) is 16.8. The van der Waals surface area contributed by atoms with Gasteiger partial charge in [-0.05, 0) is 49.4 Å². The van der Waals surface area contributed by atoms with Crippen LogP contribution in [-0.4, -0.2) is 12.3 Å². The molecule has 0 bridgehead atoms. The third-order valence-corrected chi connectivity index (χ3v) is 11.4. The molecule has 0 saturated heterocycles. The average Bonchev–Trinajstić information content (AvgIpc) is 3.65. The summed E-state index contributed by atoms with van der Waals surface area (Å²) in [5, 5.41) is 5.89. The maximum absolute atomic E-state index is 7.50. The van der Waals surface area contributed by atoms with Crippen molar-refractivity contribution in [1.29, 1.82) is 0 Å². The van der Waals surface area contributed by atoms with Gasteiger partial charge in [-0.15, -0.1) is 0 Å². The van der Waals surface area contributed by atoms with Gasteiger partial charge in [0.15, 0.2) is 0 Å². The molecule has 3 nitrogen and oxygen atoms in total. The maximum Gasteiger partial charge on any atom is 0 e. The summed E-state index contributed by atoms with van der Waals surface area (Å²) in [6, 6.07) is 44.2. The molecular formula is C35H37MoO3P2Pd-. The minimum Gasteiger partial charge on any atom is -0.358 e. The second kappa shape index (κ2) is 30.8. The molecule has 0 heterocycles. The molecule has 7 heteroatoms. The topological polar surface area (TPSA) is 59.7 Å². The van der Waals surface area contributed by atoms with Crippen molar-refractivity contribution < 1.29 is 55.4 Å². The van der Waals surface area contributed by atoms with E-state index in [9.17, 15) is 0 Å². The number of hydrogen-bond acceptors (Lipinski definition) is 0. The van der Waals surface area contributed by atoms with Crippen molar-refractivity contribution in [3.8, 4) is 0 Å². The normalized spacial score (nSPS) is 10.4. The van der Waals surface area contributed by atoms with Crippen LogP contribution in [-0.2, 0) is 55.4 Å². The molecule has 42 heavy (non-hydrogen) atoms. The van der Waals surface area contributed by atoms with Crippen LogP contribution >= 0.6 is 15.8 Å². The van der Waals surface area contributed by atoms with Crippen molar-refractivity contribution >= 4 is 37.1 Å². The quantitative estimate of drug-likeness (QED) is 0.0809. The minimum absolute atomic E-state index is 0. The first-order chi connectivity index (χ1) is 19.4. The molecule has 4 aromatic carbocycles. The van der Waals surface area contributed by atoms with Crippen molar-refractivity contribution in [2.75, 3.05) is 12.3 Å². The summed E-state index contributed by atoms with van der Waals surface area (Å²) >= 11 is 0. The molecule has 0 amide bonds. The van der Waals surface area contributed by atoms with Crippen molar-refractivity contribution in [3.05, 3.63) is 149 Å². The van der Waals surface area contributed by atoms with Gasteiger partial charge in [0.2, 0.25) is 0 Å². The summed E-state index contributed by atoms with van der Waals surface area (Å²) in [4.78, 5) is 0. The smallest absolute Gasteiger partial charge is 0 e. The molecule has 0 unspecified atom stereocenters. The summed E-state index contributed by atoms with van der Waals surface area (Å²) in [5.74, 6) is 0. The van der Waals surface area contributed by atoms with Crippen molar-refractivity contribution in [3.63, 3.8) is 0 Å². The standard InChI is InChI=1S/C26H24P2.C5H10.3CO.CH3.Mo.Pd/c1-5-13-23(14-6-1)27(24-15-7-2-8-16-24)21-22-28(25-17-9-3-10-18-25)26-19-11-4-12-20-26;1-2-4-5-3-1;3*1-2;;;/h1-20H,21-22H2;1-5H2;;;;1H3;;/q;;;;;-1;;. The first kappa shape index (κ1) is 44.7. The molecule has 0 spiro atoms. The monoisotopic (exact) mass is 771 g/mol. The van der Waals surface area contributed by atoms with Crippen LogP contribution in [0.1, 0.15) is 32.1 Å². The second-order valence-electron chi connectivity index (χ2n) is 8.41. The van der Waals surface area contributed by atoms with E-state index in [0.29, 0.717) is 0 Å². The zero-order valence-electron chi connectivity index (χ0n) is 23.8. The summed E-state index contributed by atoms with van der Waals surface area (Å²) in [6.45, 7) is 13.5. The molecule has 0 aliphatic heterocycles. The van der Waals surface area contributed by atoms with Crippen LogP contribution in [0.3, 0.4) is 0 Å². The summed E-state index contributed by atoms with van der Waals surface area (Å²) in [7, 11) is -0.696. The van der Waals surface area contributed by atoms with Gasteiger partial charge < -0.3 is 7.43 Å². The van der Waals surface area contributed by atoms with E-state index >= 15 is 0 Å². The Kier molecular flexibility index (Phi) is 32.8. The van der Waals surface area contributed by atoms with Gasteiger partial charge in [-0.25, -0.2) is 0 Å². The molecule has 1 aliphatic carbocycles. The molecule has 5 rings (SSSR count). The molecule has 1 saturated carbocycles. The fraction of sp³-hybridized carbons (Fsp3) is 0.200. The molecule has 1 fully saturated rings. The van der Waals surface area contributed by atoms with E-state index < -0.39 is 0 Å². The van der Waals surface area contributed by atoms with Gasteiger partial charge >= 0.3 is 33.9 Å². The van der Waals surface area contributed by atoms with E-state index in [1.54, 1.807) is 0 Å². The zero-order chi connectivity index (χ0) is 28.6. The molecule has 222 valence electrons. The summed E-state index contributed by atoms with van der Waals surface area (Å²) in [6.07, 6.45) is 9.91. The van der Waals surface area contributed by atoms with E-state index in [1.165, 1.54) is 65.6 Å². The summed E-state index contributed by atoms with van der Waals surface area (Å²) in [5.41, 5.74) is 0. The molecule has 0 N–H and O–H groups in total. The van der Waals surface area contributed by atoms with Crippen LogP contribution in [0.2, 0.25) is 0 Å². The van der Waals surface area contributed by atoms with Gasteiger partial charge in [-0.2, -0.15) is 0 Å². The SMILES string of the molecule is C1CCCC1.[C-]#[O+].[C-]#[O+].[C-]#[O+].[CH3-].[Mo].[Pd].c1ccc(P(CCP(c2ccccc2)c2ccccc2)c2ccccc2)cc1. The number of hydrogen-bond donors (Lipinski definition) is 0. The number of rotatable bonds is 7. The van der Waals surface area contributed by atoms with Crippen LogP contribution < -0.4 is 21.2 Å². The predicted octanol–water partition coefficient (Wildman–Crippen LogP) is 7.54. The fourth-order valence-electron chi connectivity index (χ4n) is 4.33. The Labute approximate surface area is 283 Å². The van der Waals surface area contributed by atoms with Crippen molar-refractivity contribution in [2.45, 2.75) is 32.1 Å². The number of benzene rings is 4. The Morgan fingerprint density at radius 1 is 0.405 bits per heavy atom. The van der Waals surface area contributed by atoms with Crippen LogP contribution in [0.4, 0.5) is 0 Å². The predicted molar refractivity (Wildman–Crippen MR) is 169 cm³/mol. The van der Waals surface area contributed by atoms with E-state index in [2.05, 4.69) is 141 Å². The Balaban J connectivity index is -0.000000946. The molecule has 0 radical (unpaired) electrons. The van der Waals surface area contributed by atoms with Gasteiger partial charge in [0.1, 0.15) is 0 Å². The molecule has 0 atom stereocenters. The van der Waals surface area contributed by atoms with Gasteiger partial charge in [0.05, 0.1) is 0 Å². The van der Waals surface area contributed by atoms with E-state index in [4.69, 9.17) is 14.0 Å². The second-order valence-corrected chi connectivity index (χ2v) is 13.1. The Bertz CT molecular complexity index is 1000. The zero-order valence-corrected chi connectivity index (χ0v) is 29.2. The fourth-order valence-corrected chi connectivity index (χ4v) is 9.69. The Morgan fingerprint density at radius 2 is 0.571 bits per heavy atom. The van der Waals surface area contributed by atoms with Crippen LogP contribution in [0, 0.1) is 27.4 Å². The van der Waals surface area contributed by atoms with Gasteiger partial charge in [-0.3, -0.25) is 0 Å². The van der Waals surface area contributed by atoms with E-state index in [0.717, 1.165) is 0 Å². The third-order valence-electron chi connectivity index (χ3n) is 6.07. The minimum atomic E-state index is -0.348. The molecule has 0 aromatic heterocycles. The molecule has 4 aromatic rings. The van der Waals surface area contributed by atoms with Gasteiger partial charge in [0, 0.05) is 41.5 Å². The van der Waals surface area contributed by atoms with E-state index in [1.807, 2.05) is 0 Å². The largest absolute Gasteiger partial charge is 0.358 e. The maximum atomic E-state index is 7.50. The van der Waals surface area contributed by atoms with Crippen molar-refractivity contribution in [2.24, 2.45) is 0 Å². The Hall–Kier alpha value is -1.69. The molecular weight excluding hydrogens is 733 g/mol. The van der Waals surface area contributed by atoms with Gasteiger partial charge in [-0.1, -0.05) is 153 Å². The van der Waals surface area contributed by atoms with Crippen LogP contribution in [0.15, 0.2) is 121 Å². The molecule has 1 aliphatic rings. The average molecular weight is 770 g/mol. The Morgan fingerprint density at radius 3 is 0.738 bits per heavy atom. The van der Waals surface area contributed by atoms with Gasteiger partial charge in [0.25, 0.3) is 0 Å². The first-order valence-electron chi connectivity index (χ1n) is 12.8. The van der Waals surface area contributed by atoms with E-state index in [-0.39, 0.29) is 64.8 Å². The van der Waals surface area contributed by atoms with Crippen LogP contribution in [0.25, 0.3) is 0 Å². The first-order valence-corrected chi connectivity index (χ1v) is 15.8. The van der Waals surface area contributed by atoms with Crippen molar-refractivity contribution in [1.82, 2.24) is 0 Å². The summed E-state index contributed by atoms with van der Waals surface area (Å²) < 4.78 is 22.5. The van der Waals surface area contributed by atoms with Crippen LogP contribution in [0.5, 0.6) is 0 Å².